The first-order chi connectivity index (χ1) is 12.6. The van der Waals surface area contributed by atoms with Crippen LogP contribution in [-0.4, -0.2) is 34.5 Å². The van der Waals surface area contributed by atoms with Gasteiger partial charge in [-0.2, -0.15) is 5.10 Å². The van der Waals surface area contributed by atoms with Gasteiger partial charge in [0.2, 0.25) is 0 Å². The molecule has 1 heterocycles. The molecule has 3 rings (SSSR count). The van der Waals surface area contributed by atoms with Crippen LogP contribution in [0.3, 0.4) is 0 Å². The van der Waals surface area contributed by atoms with Crippen molar-refractivity contribution < 1.29 is 14.6 Å². The zero-order chi connectivity index (χ0) is 18.5. The highest BCUT2D eigenvalue weighted by molar-refractivity contribution is 6.30. The molecule has 0 bridgehead atoms. The van der Waals surface area contributed by atoms with Crippen molar-refractivity contribution in [2.75, 3.05) is 19.0 Å². The summed E-state index contributed by atoms with van der Waals surface area (Å²) in [7, 11) is 1.58. The third kappa shape index (κ3) is 3.87. The second-order valence-corrected chi connectivity index (χ2v) is 6.00. The zero-order valence-electron chi connectivity index (χ0n) is 14.1. The molecule has 0 aliphatic rings. The van der Waals surface area contributed by atoms with Crippen LogP contribution >= 0.6 is 11.6 Å². The quantitative estimate of drug-likeness (QED) is 0.697. The normalized spacial score (nSPS) is 10.6. The largest absolute Gasteiger partial charge is 0.497 e. The van der Waals surface area contributed by atoms with E-state index in [0.717, 1.165) is 0 Å². The molecule has 3 aromatic rings. The summed E-state index contributed by atoms with van der Waals surface area (Å²) in [4.78, 5) is 12.9. The zero-order valence-corrected chi connectivity index (χ0v) is 14.9. The number of nitrogens with zero attached hydrogens (tertiary/aromatic N) is 2. The first kappa shape index (κ1) is 18.0. The SMILES string of the molecule is COc1ccc(NC(=O)c2c(CCO)cnn2-c2cccc(Cl)c2)cc1. The summed E-state index contributed by atoms with van der Waals surface area (Å²) in [5, 5.41) is 17.0. The number of carbonyl (C=O) groups excluding carboxylic acids is 1. The van der Waals surface area contributed by atoms with Crippen LogP contribution in [0.2, 0.25) is 5.02 Å². The van der Waals surface area contributed by atoms with Crippen LogP contribution in [0.25, 0.3) is 5.69 Å². The van der Waals surface area contributed by atoms with Gasteiger partial charge in [-0.15, -0.1) is 0 Å². The molecule has 0 radical (unpaired) electrons. The minimum Gasteiger partial charge on any atom is -0.497 e. The van der Waals surface area contributed by atoms with Crippen molar-refractivity contribution >= 4 is 23.2 Å². The lowest BCUT2D eigenvalue weighted by Crippen LogP contribution is -2.19. The van der Waals surface area contributed by atoms with Crippen LogP contribution in [0.1, 0.15) is 16.1 Å². The van der Waals surface area contributed by atoms with Crippen molar-refractivity contribution in [1.82, 2.24) is 9.78 Å². The van der Waals surface area contributed by atoms with E-state index >= 15 is 0 Å². The summed E-state index contributed by atoms with van der Waals surface area (Å²) in [5.74, 6) is 0.379. The Morgan fingerprint density at radius 2 is 2.04 bits per heavy atom. The fourth-order valence-electron chi connectivity index (χ4n) is 2.60. The molecule has 0 saturated carbocycles. The molecule has 0 fully saturated rings. The van der Waals surface area contributed by atoms with Gasteiger partial charge in [0.1, 0.15) is 11.4 Å². The number of hydrogen-bond donors (Lipinski definition) is 2. The number of halogens is 1. The predicted molar refractivity (Wildman–Crippen MR) is 100 cm³/mol. The minimum absolute atomic E-state index is 0.0793. The number of aromatic nitrogens is 2. The number of amides is 1. The summed E-state index contributed by atoms with van der Waals surface area (Å²) >= 11 is 6.06. The molecule has 0 aliphatic carbocycles. The lowest BCUT2D eigenvalue weighted by atomic mass is 10.1. The first-order valence-electron chi connectivity index (χ1n) is 8.01. The molecule has 0 atom stereocenters. The second kappa shape index (κ2) is 8.03. The van der Waals surface area contributed by atoms with Crippen LogP contribution in [0, 0.1) is 0 Å². The smallest absolute Gasteiger partial charge is 0.274 e. The summed E-state index contributed by atoms with van der Waals surface area (Å²) in [6, 6.07) is 14.1. The fraction of sp³-hybridized carbons (Fsp3) is 0.158. The Morgan fingerprint density at radius 3 is 2.69 bits per heavy atom. The van der Waals surface area contributed by atoms with Crippen molar-refractivity contribution in [3.05, 3.63) is 71.0 Å². The number of anilines is 1. The standard InChI is InChI=1S/C19H18ClN3O3/c1-26-17-7-5-15(6-8-17)22-19(25)18-13(9-10-24)12-21-23(18)16-4-2-3-14(20)11-16/h2-8,11-12,24H,9-10H2,1H3,(H,22,25). The van der Waals surface area contributed by atoms with Crippen LogP contribution in [-0.2, 0) is 6.42 Å². The number of hydrogen-bond acceptors (Lipinski definition) is 4. The number of benzene rings is 2. The number of rotatable bonds is 6. The Labute approximate surface area is 156 Å². The number of aliphatic hydroxyl groups is 1. The van der Waals surface area contributed by atoms with Crippen molar-refractivity contribution in [2.24, 2.45) is 0 Å². The molecular weight excluding hydrogens is 354 g/mol. The third-order valence-corrected chi connectivity index (χ3v) is 4.08. The predicted octanol–water partition coefficient (Wildman–Crippen LogP) is 3.32. The number of aliphatic hydroxyl groups excluding tert-OH is 1. The van der Waals surface area contributed by atoms with Crippen molar-refractivity contribution in [1.29, 1.82) is 0 Å². The van der Waals surface area contributed by atoms with E-state index in [1.807, 2.05) is 6.07 Å². The molecule has 1 amide bonds. The lowest BCUT2D eigenvalue weighted by molar-refractivity contribution is 0.101. The Balaban J connectivity index is 1.95. The molecular formula is C19H18ClN3O3. The Bertz CT molecular complexity index is 907. The Morgan fingerprint density at radius 1 is 1.27 bits per heavy atom. The van der Waals surface area contributed by atoms with E-state index in [-0.39, 0.29) is 12.5 Å². The number of carbonyl (C=O) groups is 1. The van der Waals surface area contributed by atoms with Crippen LogP contribution in [0.4, 0.5) is 5.69 Å². The molecule has 2 N–H and O–H groups in total. The van der Waals surface area contributed by atoms with Gasteiger partial charge in [0, 0.05) is 22.9 Å². The highest BCUT2D eigenvalue weighted by Gasteiger charge is 2.20. The van der Waals surface area contributed by atoms with E-state index in [4.69, 9.17) is 16.3 Å². The van der Waals surface area contributed by atoms with Gasteiger partial charge < -0.3 is 15.2 Å². The number of ether oxygens (including phenoxy) is 1. The average Bonchev–Trinajstić information content (AvgIpc) is 3.06. The Kier molecular flexibility index (Phi) is 5.55. The monoisotopic (exact) mass is 371 g/mol. The van der Waals surface area contributed by atoms with Gasteiger partial charge in [-0.1, -0.05) is 17.7 Å². The molecule has 2 aromatic carbocycles. The molecule has 0 spiro atoms. The van der Waals surface area contributed by atoms with E-state index in [0.29, 0.717) is 39.8 Å². The Hall–Kier alpha value is -2.83. The van der Waals surface area contributed by atoms with E-state index in [1.54, 1.807) is 55.8 Å². The van der Waals surface area contributed by atoms with E-state index in [9.17, 15) is 9.90 Å². The van der Waals surface area contributed by atoms with E-state index in [1.165, 1.54) is 4.68 Å². The summed E-state index contributed by atoms with van der Waals surface area (Å²) in [6.07, 6.45) is 1.91. The molecule has 26 heavy (non-hydrogen) atoms. The van der Waals surface area contributed by atoms with Gasteiger partial charge in [0.25, 0.3) is 5.91 Å². The molecule has 7 heteroatoms. The topological polar surface area (TPSA) is 76.4 Å². The fourth-order valence-corrected chi connectivity index (χ4v) is 2.78. The molecule has 0 saturated heterocycles. The molecule has 6 nitrogen and oxygen atoms in total. The minimum atomic E-state index is -0.323. The highest BCUT2D eigenvalue weighted by atomic mass is 35.5. The van der Waals surface area contributed by atoms with Gasteiger partial charge in [-0.25, -0.2) is 4.68 Å². The first-order valence-corrected chi connectivity index (χ1v) is 8.39. The molecule has 0 aliphatic heterocycles. The van der Waals surface area contributed by atoms with Crippen molar-refractivity contribution in [3.8, 4) is 11.4 Å². The van der Waals surface area contributed by atoms with Gasteiger partial charge >= 0.3 is 0 Å². The van der Waals surface area contributed by atoms with Gasteiger partial charge in [-0.3, -0.25) is 4.79 Å². The van der Waals surface area contributed by atoms with Crippen molar-refractivity contribution in [3.63, 3.8) is 0 Å². The molecule has 1 aromatic heterocycles. The van der Waals surface area contributed by atoms with Crippen LogP contribution in [0.5, 0.6) is 5.75 Å². The van der Waals surface area contributed by atoms with E-state index in [2.05, 4.69) is 10.4 Å². The van der Waals surface area contributed by atoms with Crippen LogP contribution in [0.15, 0.2) is 54.7 Å². The highest BCUT2D eigenvalue weighted by Crippen LogP contribution is 2.21. The van der Waals surface area contributed by atoms with Crippen molar-refractivity contribution in [2.45, 2.75) is 6.42 Å². The maximum atomic E-state index is 12.9. The summed E-state index contributed by atoms with van der Waals surface area (Å²) in [6.45, 7) is -0.0793. The van der Waals surface area contributed by atoms with Gasteiger partial charge in [0.05, 0.1) is 19.0 Å². The lowest BCUT2D eigenvalue weighted by Gasteiger charge is -2.11. The average molecular weight is 372 g/mol. The third-order valence-electron chi connectivity index (χ3n) is 3.84. The number of nitrogens with one attached hydrogen (secondary N) is 1. The number of methoxy groups -OCH3 is 1. The maximum absolute atomic E-state index is 12.9. The molecule has 0 unspecified atom stereocenters. The maximum Gasteiger partial charge on any atom is 0.274 e. The van der Waals surface area contributed by atoms with Gasteiger partial charge in [-0.05, 0) is 48.9 Å². The van der Waals surface area contributed by atoms with E-state index < -0.39 is 0 Å². The summed E-state index contributed by atoms with van der Waals surface area (Å²) in [5.41, 5.74) is 2.31. The summed E-state index contributed by atoms with van der Waals surface area (Å²) < 4.78 is 6.64. The second-order valence-electron chi connectivity index (χ2n) is 5.57. The van der Waals surface area contributed by atoms with Gasteiger partial charge in [0.15, 0.2) is 0 Å². The molecule has 134 valence electrons. The van der Waals surface area contributed by atoms with Crippen LogP contribution < -0.4 is 10.1 Å².